The van der Waals surface area contributed by atoms with Crippen LogP contribution in [0.15, 0.2) is 23.2 Å². The van der Waals surface area contributed by atoms with E-state index < -0.39 is 0 Å². The third kappa shape index (κ3) is 2.42. The quantitative estimate of drug-likeness (QED) is 0.731. The Labute approximate surface area is 126 Å². The van der Waals surface area contributed by atoms with Gasteiger partial charge in [-0.2, -0.15) is 10.5 Å². The number of nitriles is 2. The van der Waals surface area contributed by atoms with E-state index in [1.807, 2.05) is 12.1 Å². The van der Waals surface area contributed by atoms with Gasteiger partial charge in [-0.3, -0.25) is 0 Å². The molecule has 1 aromatic carbocycles. The van der Waals surface area contributed by atoms with Gasteiger partial charge >= 0.3 is 0 Å². The van der Waals surface area contributed by atoms with Crippen molar-refractivity contribution >= 4 is 18.4 Å². The molecule has 0 aliphatic carbocycles. The number of pyridine rings is 1. The van der Waals surface area contributed by atoms with Crippen LogP contribution < -0.4 is 10.5 Å². The summed E-state index contributed by atoms with van der Waals surface area (Å²) in [7, 11) is 1.42. The zero-order valence-corrected chi connectivity index (χ0v) is 11.8. The standard InChI is InChI=1S/C14H10N4O2S/c1-20-11-3-2-7(4-10(11)19)12-8(5-15)13(17)18-14(21)9(12)6-16/h2-4,19H,1H3,(H3,17,18,21). The number of anilines is 1. The lowest BCUT2D eigenvalue weighted by Gasteiger charge is -2.12. The maximum Gasteiger partial charge on any atom is 0.160 e. The van der Waals surface area contributed by atoms with Crippen molar-refractivity contribution < 1.29 is 9.84 Å². The van der Waals surface area contributed by atoms with Crippen LogP contribution in [0.2, 0.25) is 0 Å². The molecule has 6 nitrogen and oxygen atoms in total. The predicted molar refractivity (Wildman–Crippen MR) is 79.0 cm³/mol. The Kier molecular flexibility index (Phi) is 3.88. The first-order chi connectivity index (χ1) is 10.0. The molecule has 0 saturated heterocycles. The van der Waals surface area contributed by atoms with E-state index in [0.29, 0.717) is 5.56 Å². The summed E-state index contributed by atoms with van der Waals surface area (Å²) >= 11 is 4.11. The van der Waals surface area contributed by atoms with Crippen molar-refractivity contribution in [3.63, 3.8) is 0 Å². The molecule has 2 aromatic rings. The second kappa shape index (κ2) is 5.61. The third-order valence-electron chi connectivity index (χ3n) is 2.90. The smallest absolute Gasteiger partial charge is 0.160 e. The molecule has 0 saturated carbocycles. The van der Waals surface area contributed by atoms with Crippen LogP contribution in [0, 0.1) is 22.7 Å². The molecule has 0 radical (unpaired) electrons. The van der Waals surface area contributed by atoms with E-state index in [1.165, 1.54) is 19.2 Å². The molecular formula is C14H10N4O2S. The molecule has 0 amide bonds. The molecule has 0 fully saturated rings. The second-order valence-electron chi connectivity index (χ2n) is 4.06. The Morgan fingerprint density at radius 1 is 1.29 bits per heavy atom. The van der Waals surface area contributed by atoms with Crippen LogP contribution in [0.5, 0.6) is 11.5 Å². The minimum Gasteiger partial charge on any atom is -0.504 e. The van der Waals surface area contributed by atoms with Crippen LogP contribution in [0.4, 0.5) is 5.82 Å². The van der Waals surface area contributed by atoms with E-state index in [4.69, 9.17) is 10.5 Å². The van der Waals surface area contributed by atoms with Gasteiger partial charge in [-0.25, -0.2) is 4.98 Å². The Balaban J connectivity index is 2.83. The molecule has 0 aliphatic heterocycles. The number of phenols is 1. The molecule has 3 N–H and O–H groups in total. The number of thiol groups is 1. The highest BCUT2D eigenvalue weighted by atomic mass is 32.1. The zero-order valence-electron chi connectivity index (χ0n) is 11.0. The van der Waals surface area contributed by atoms with E-state index in [1.54, 1.807) is 6.07 Å². The fourth-order valence-electron chi connectivity index (χ4n) is 1.94. The minimum absolute atomic E-state index is 0.0215. The second-order valence-corrected chi connectivity index (χ2v) is 4.48. The number of nitrogens with two attached hydrogens (primary N) is 1. The van der Waals surface area contributed by atoms with Crippen molar-refractivity contribution in [3.05, 3.63) is 29.3 Å². The first kappa shape index (κ1) is 14.5. The summed E-state index contributed by atoms with van der Waals surface area (Å²) in [5.74, 6) is 0.148. The van der Waals surface area contributed by atoms with Crippen LogP contribution in [-0.2, 0) is 0 Å². The van der Waals surface area contributed by atoms with Gasteiger partial charge in [0.15, 0.2) is 11.5 Å². The molecule has 2 rings (SSSR count). The maximum atomic E-state index is 9.86. The number of aromatic hydroxyl groups is 1. The lowest BCUT2D eigenvalue weighted by molar-refractivity contribution is 0.373. The molecule has 0 unspecified atom stereocenters. The van der Waals surface area contributed by atoms with E-state index in [0.717, 1.165) is 0 Å². The lowest BCUT2D eigenvalue weighted by Crippen LogP contribution is -2.02. The Bertz CT molecular complexity index is 768. The topological polar surface area (TPSA) is 116 Å². The first-order valence-electron chi connectivity index (χ1n) is 5.73. The van der Waals surface area contributed by atoms with Gasteiger partial charge in [0.1, 0.15) is 28.5 Å². The fourth-order valence-corrected chi connectivity index (χ4v) is 2.21. The molecule has 0 atom stereocenters. The van der Waals surface area contributed by atoms with E-state index in [2.05, 4.69) is 17.6 Å². The maximum absolute atomic E-state index is 9.86. The molecule has 104 valence electrons. The van der Waals surface area contributed by atoms with Gasteiger partial charge in [0, 0.05) is 5.56 Å². The monoisotopic (exact) mass is 298 g/mol. The predicted octanol–water partition coefficient (Wildman–Crippen LogP) is 2.08. The molecule has 0 bridgehead atoms. The summed E-state index contributed by atoms with van der Waals surface area (Å²) in [5.41, 5.74) is 6.63. The number of nitrogens with zero attached hydrogens (tertiary/aromatic N) is 3. The summed E-state index contributed by atoms with van der Waals surface area (Å²) in [4.78, 5) is 3.87. The van der Waals surface area contributed by atoms with Gasteiger partial charge in [0.25, 0.3) is 0 Å². The molecular weight excluding hydrogens is 288 g/mol. The normalized spacial score (nSPS) is 9.71. The Hall–Kier alpha value is -2.90. The number of nitrogen functional groups attached to an aromatic ring is 1. The van der Waals surface area contributed by atoms with Gasteiger partial charge < -0.3 is 15.6 Å². The summed E-state index contributed by atoms with van der Waals surface area (Å²) in [6.45, 7) is 0. The Morgan fingerprint density at radius 3 is 2.48 bits per heavy atom. The van der Waals surface area contributed by atoms with Crippen molar-refractivity contribution in [1.82, 2.24) is 4.98 Å². The summed E-state index contributed by atoms with van der Waals surface area (Å²) in [6.07, 6.45) is 0. The van der Waals surface area contributed by atoms with Crippen LogP contribution in [0.1, 0.15) is 11.1 Å². The van der Waals surface area contributed by atoms with Gasteiger partial charge in [-0.1, -0.05) is 6.07 Å². The number of benzene rings is 1. The number of methoxy groups -OCH3 is 1. The number of hydrogen-bond donors (Lipinski definition) is 3. The van der Waals surface area contributed by atoms with Crippen molar-refractivity contribution in [1.29, 1.82) is 10.5 Å². The van der Waals surface area contributed by atoms with Crippen molar-refractivity contribution in [2.75, 3.05) is 12.8 Å². The highest BCUT2D eigenvalue weighted by molar-refractivity contribution is 7.80. The zero-order chi connectivity index (χ0) is 15.6. The molecule has 21 heavy (non-hydrogen) atoms. The average Bonchev–Trinajstić information content (AvgIpc) is 2.46. The van der Waals surface area contributed by atoms with Crippen LogP contribution in [0.25, 0.3) is 11.1 Å². The van der Waals surface area contributed by atoms with Crippen LogP contribution in [0.3, 0.4) is 0 Å². The van der Waals surface area contributed by atoms with E-state index in [-0.39, 0.29) is 39.0 Å². The summed E-state index contributed by atoms with van der Waals surface area (Å²) in [6, 6.07) is 8.42. The lowest BCUT2D eigenvalue weighted by atomic mass is 9.96. The summed E-state index contributed by atoms with van der Waals surface area (Å²) < 4.78 is 4.96. The number of aromatic nitrogens is 1. The average molecular weight is 298 g/mol. The molecule has 7 heteroatoms. The molecule has 0 spiro atoms. The van der Waals surface area contributed by atoms with Gasteiger partial charge in [0.2, 0.25) is 0 Å². The van der Waals surface area contributed by atoms with Gasteiger partial charge in [-0.15, -0.1) is 12.6 Å². The highest BCUT2D eigenvalue weighted by Gasteiger charge is 2.19. The summed E-state index contributed by atoms with van der Waals surface area (Å²) in [5, 5.41) is 28.5. The van der Waals surface area contributed by atoms with E-state index >= 15 is 0 Å². The van der Waals surface area contributed by atoms with Gasteiger partial charge in [-0.05, 0) is 17.7 Å². The number of ether oxygens (including phenoxy) is 1. The van der Waals surface area contributed by atoms with Crippen molar-refractivity contribution in [2.24, 2.45) is 0 Å². The third-order valence-corrected chi connectivity index (χ3v) is 3.22. The van der Waals surface area contributed by atoms with Crippen molar-refractivity contribution in [3.8, 4) is 34.8 Å². The minimum atomic E-state index is -0.112. The number of rotatable bonds is 2. The largest absolute Gasteiger partial charge is 0.504 e. The Morgan fingerprint density at radius 2 is 1.95 bits per heavy atom. The van der Waals surface area contributed by atoms with Gasteiger partial charge in [0.05, 0.1) is 12.7 Å². The van der Waals surface area contributed by atoms with E-state index in [9.17, 15) is 15.6 Å². The number of phenolic OH excluding ortho intramolecular Hbond substituents is 1. The molecule has 1 aromatic heterocycles. The molecule has 0 aliphatic rings. The first-order valence-corrected chi connectivity index (χ1v) is 6.18. The highest BCUT2D eigenvalue weighted by Crippen LogP contribution is 2.37. The molecule has 1 heterocycles. The van der Waals surface area contributed by atoms with Crippen molar-refractivity contribution in [2.45, 2.75) is 5.03 Å². The van der Waals surface area contributed by atoms with Crippen LogP contribution >= 0.6 is 12.6 Å². The van der Waals surface area contributed by atoms with Crippen LogP contribution in [-0.4, -0.2) is 17.2 Å². The fraction of sp³-hybridized carbons (Fsp3) is 0.0714. The SMILES string of the molecule is COc1ccc(-c2c(C#N)c(N)nc(S)c2C#N)cc1O. The number of hydrogen-bond acceptors (Lipinski definition) is 7.